The molecule has 0 bridgehead atoms. The van der Waals surface area contributed by atoms with Crippen molar-refractivity contribution in [3.8, 4) is 0 Å². The average molecular weight is 254 g/mol. The highest BCUT2D eigenvalue weighted by molar-refractivity contribution is 6.07. The Morgan fingerprint density at radius 1 is 1.50 bits per heavy atom. The van der Waals surface area contributed by atoms with Gasteiger partial charge in [-0.05, 0) is 26.4 Å². The van der Waals surface area contributed by atoms with Gasteiger partial charge in [0, 0.05) is 13.0 Å². The molecule has 0 aromatic carbocycles. The van der Waals surface area contributed by atoms with Crippen molar-refractivity contribution in [3.05, 3.63) is 0 Å². The zero-order chi connectivity index (χ0) is 13.2. The van der Waals surface area contributed by atoms with Crippen LogP contribution >= 0.6 is 0 Å². The molecular formula is C11H18N4O3. The molecule has 3 N–H and O–H groups in total. The molecule has 7 nitrogen and oxygen atoms in total. The maximum atomic E-state index is 11.9. The summed E-state index contributed by atoms with van der Waals surface area (Å²) in [6, 6.07) is -0.468. The van der Waals surface area contributed by atoms with Crippen LogP contribution in [0.25, 0.3) is 0 Å². The summed E-state index contributed by atoms with van der Waals surface area (Å²) in [7, 11) is 1.84. The number of hydrogen-bond donors (Lipinski definition) is 3. The van der Waals surface area contributed by atoms with E-state index in [1.54, 1.807) is 4.90 Å². The topological polar surface area (TPSA) is 90.5 Å². The monoisotopic (exact) mass is 254 g/mol. The summed E-state index contributed by atoms with van der Waals surface area (Å²) in [6.45, 7) is 1.59. The van der Waals surface area contributed by atoms with Crippen LogP contribution in [0.2, 0.25) is 0 Å². The van der Waals surface area contributed by atoms with Crippen molar-refractivity contribution in [2.24, 2.45) is 0 Å². The molecule has 18 heavy (non-hydrogen) atoms. The van der Waals surface area contributed by atoms with Gasteiger partial charge in [-0.3, -0.25) is 14.9 Å². The van der Waals surface area contributed by atoms with Crippen LogP contribution in [0.1, 0.15) is 19.3 Å². The smallest absolute Gasteiger partial charge is 0.322 e. The Labute approximate surface area is 105 Å². The van der Waals surface area contributed by atoms with E-state index in [-0.39, 0.29) is 18.4 Å². The van der Waals surface area contributed by atoms with Crippen molar-refractivity contribution in [2.75, 3.05) is 26.7 Å². The zero-order valence-corrected chi connectivity index (χ0v) is 10.4. The quantitative estimate of drug-likeness (QED) is 0.434. The Hall–Kier alpha value is -1.63. The van der Waals surface area contributed by atoms with Crippen LogP contribution < -0.4 is 16.0 Å². The highest BCUT2D eigenvalue weighted by Gasteiger charge is 2.51. The van der Waals surface area contributed by atoms with Crippen molar-refractivity contribution >= 4 is 17.8 Å². The van der Waals surface area contributed by atoms with Gasteiger partial charge in [-0.15, -0.1) is 0 Å². The summed E-state index contributed by atoms with van der Waals surface area (Å²) in [5.41, 5.74) is -0.893. The van der Waals surface area contributed by atoms with Crippen LogP contribution in [0.3, 0.4) is 0 Å². The lowest BCUT2D eigenvalue weighted by atomic mass is 9.99. The fourth-order valence-corrected chi connectivity index (χ4v) is 2.41. The lowest BCUT2D eigenvalue weighted by molar-refractivity contribution is -0.130. The van der Waals surface area contributed by atoms with Gasteiger partial charge in [-0.1, -0.05) is 0 Å². The molecule has 0 radical (unpaired) electrons. The number of urea groups is 1. The first-order valence-electron chi connectivity index (χ1n) is 6.13. The first-order chi connectivity index (χ1) is 8.57. The third-order valence-corrected chi connectivity index (χ3v) is 3.45. The Kier molecular flexibility index (Phi) is 3.51. The Morgan fingerprint density at radius 3 is 2.89 bits per heavy atom. The molecule has 0 aliphatic carbocycles. The van der Waals surface area contributed by atoms with E-state index in [4.69, 9.17) is 0 Å². The highest BCUT2D eigenvalue weighted by Crippen LogP contribution is 2.25. The van der Waals surface area contributed by atoms with E-state index in [0.29, 0.717) is 19.4 Å². The van der Waals surface area contributed by atoms with Gasteiger partial charge in [0.2, 0.25) is 5.91 Å². The van der Waals surface area contributed by atoms with Crippen molar-refractivity contribution < 1.29 is 14.4 Å². The molecule has 2 heterocycles. The second-order valence-corrected chi connectivity index (χ2v) is 4.76. The molecule has 0 aromatic heterocycles. The summed E-state index contributed by atoms with van der Waals surface area (Å²) >= 11 is 0. The maximum absolute atomic E-state index is 11.9. The van der Waals surface area contributed by atoms with E-state index in [9.17, 15) is 14.4 Å². The molecule has 1 spiro atoms. The van der Waals surface area contributed by atoms with E-state index >= 15 is 0 Å². The van der Waals surface area contributed by atoms with Crippen LogP contribution in [0.5, 0.6) is 0 Å². The fourth-order valence-electron chi connectivity index (χ4n) is 2.41. The van der Waals surface area contributed by atoms with E-state index in [2.05, 4.69) is 16.0 Å². The molecule has 2 aliphatic rings. The van der Waals surface area contributed by atoms with Gasteiger partial charge in [0.05, 0.1) is 6.54 Å². The van der Waals surface area contributed by atoms with E-state index in [0.717, 1.165) is 13.0 Å². The normalized spacial score (nSPS) is 26.6. The van der Waals surface area contributed by atoms with Crippen LogP contribution in [0.15, 0.2) is 0 Å². The lowest BCUT2D eigenvalue weighted by Gasteiger charge is -2.21. The fraction of sp³-hybridized carbons (Fsp3) is 0.727. The lowest BCUT2D eigenvalue weighted by Crippen LogP contribution is -2.49. The third kappa shape index (κ3) is 2.31. The summed E-state index contributed by atoms with van der Waals surface area (Å²) in [6.07, 6.45) is 1.73. The predicted molar refractivity (Wildman–Crippen MR) is 63.8 cm³/mol. The standard InChI is InChI=1S/C11H18N4O3/c1-12-5-2-3-8(16)15-6-4-11(7-15)9(17)13-10(18)14-11/h12H,2-7H2,1H3,(H2,13,14,17,18). The van der Waals surface area contributed by atoms with Gasteiger partial charge < -0.3 is 15.5 Å². The largest absolute Gasteiger partial charge is 0.340 e. The van der Waals surface area contributed by atoms with E-state index in [1.165, 1.54) is 0 Å². The van der Waals surface area contributed by atoms with Crippen LogP contribution in [-0.2, 0) is 9.59 Å². The number of hydrogen-bond acceptors (Lipinski definition) is 4. The number of nitrogens with zero attached hydrogens (tertiary/aromatic N) is 1. The molecule has 2 fully saturated rings. The molecule has 2 aliphatic heterocycles. The number of imide groups is 1. The number of nitrogens with one attached hydrogen (secondary N) is 3. The van der Waals surface area contributed by atoms with E-state index < -0.39 is 11.6 Å². The van der Waals surface area contributed by atoms with Crippen LogP contribution in [-0.4, -0.2) is 55.0 Å². The van der Waals surface area contributed by atoms with Crippen molar-refractivity contribution in [1.29, 1.82) is 0 Å². The summed E-state index contributed by atoms with van der Waals surface area (Å²) < 4.78 is 0. The molecule has 2 saturated heterocycles. The van der Waals surface area contributed by atoms with Crippen molar-refractivity contribution in [3.63, 3.8) is 0 Å². The number of carbonyl (C=O) groups is 3. The molecule has 1 atom stereocenters. The summed E-state index contributed by atoms with van der Waals surface area (Å²) in [5.74, 6) is -0.283. The summed E-state index contributed by atoms with van der Waals surface area (Å²) in [4.78, 5) is 36.4. The molecule has 7 heteroatoms. The molecule has 100 valence electrons. The minimum absolute atomic E-state index is 0.0380. The second kappa shape index (κ2) is 4.93. The Morgan fingerprint density at radius 2 is 2.28 bits per heavy atom. The maximum Gasteiger partial charge on any atom is 0.322 e. The number of carbonyl (C=O) groups excluding carboxylic acids is 3. The van der Waals surface area contributed by atoms with Crippen LogP contribution in [0, 0.1) is 0 Å². The minimum Gasteiger partial charge on any atom is -0.340 e. The van der Waals surface area contributed by atoms with Crippen molar-refractivity contribution in [2.45, 2.75) is 24.8 Å². The molecular weight excluding hydrogens is 236 g/mol. The van der Waals surface area contributed by atoms with Gasteiger partial charge in [-0.25, -0.2) is 4.79 Å². The SMILES string of the molecule is CNCCCC(=O)N1CCC2(C1)NC(=O)NC2=O. The van der Waals surface area contributed by atoms with Gasteiger partial charge in [0.25, 0.3) is 5.91 Å². The van der Waals surface area contributed by atoms with Gasteiger partial charge in [0.1, 0.15) is 5.54 Å². The number of rotatable bonds is 4. The number of amides is 4. The van der Waals surface area contributed by atoms with Gasteiger partial charge >= 0.3 is 6.03 Å². The highest BCUT2D eigenvalue weighted by atomic mass is 16.2. The van der Waals surface area contributed by atoms with Crippen LogP contribution in [0.4, 0.5) is 4.79 Å². The predicted octanol–water partition coefficient (Wildman–Crippen LogP) is -1.20. The second-order valence-electron chi connectivity index (χ2n) is 4.76. The summed E-state index contributed by atoms with van der Waals surface area (Å²) in [5, 5.41) is 7.83. The molecule has 0 aromatic rings. The Balaban J connectivity index is 1.90. The average Bonchev–Trinajstić information content (AvgIpc) is 2.85. The van der Waals surface area contributed by atoms with E-state index in [1.807, 2.05) is 7.05 Å². The molecule has 4 amide bonds. The molecule has 0 saturated carbocycles. The third-order valence-electron chi connectivity index (χ3n) is 3.45. The minimum atomic E-state index is -0.893. The van der Waals surface area contributed by atoms with Gasteiger partial charge in [-0.2, -0.15) is 0 Å². The molecule has 2 rings (SSSR count). The number of likely N-dealkylation sites (tertiary alicyclic amines) is 1. The first kappa shape index (κ1) is 12.8. The Bertz CT molecular complexity index is 384. The first-order valence-corrected chi connectivity index (χ1v) is 6.13. The van der Waals surface area contributed by atoms with Gasteiger partial charge in [0.15, 0.2) is 0 Å². The molecule has 1 unspecified atom stereocenters. The van der Waals surface area contributed by atoms with Crippen molar-refractivity contribution in [1.82, 2.24) is 20.9 Å². The zero-order valence-electron chi connectivity index (χ0n) is 10.4.